The number of anilines is 1. The van der Waals surface area contributed by atoms with Crippen molar-refractivity contribution >= 4 is 35.1 Å². The highest BCUT2D eigenvalue weighted by Crippen LogP contribution is 2.65. The van der Waals surface area contributed by atoms with Crippen LogP contribution in [-0.4, -0.2) is 24.4 Å². The summed E-state index contributed by atoms with van der Waals surface area (Å²) in [5, 5.41) is 0. The lowest BCUT2D eigenvalue weighted by Gasteiger charge is -2.50. The Hall–Kier alpha value is -3.44. The van der Waals surface area contributed by atoms with Gasteiger partial charge in [-0.3, -0.25) is 9.59 Å². The third-order valence-corrected chi connectivity index (χ3v) is 7.80. The van der Waals surface area contributed by atoms with Gasteiger partial charge in [0.15, 0.2) is 0 Å². The van der Waals surface area contributed by atoms with Crippen LogP contribution in [0.2, 0.25) is 0 Å². The molecule has 3 aliphatic carbocycles. The molecular formula is C27H20ClNO4. The Balaban J connectivity index is 1.56. The van der Waals surface area contributed by atoms with E-state index in [1.807, 2.05) is 48.5 Å². The number of nitrogens with zero attached hydrogens (tertiary/aromatic N) is 1. The maximum Gasteiger partial charge on any atom is 0.340 e. The first-order valence-corrected chi connectivity index (χ1v) is 11.4. The number of carbonyl (C=O) groups excluding carboxylic acids is 3. The molecule has 3 aromatic carbocycles. The second-order valence-corrected chi connectivity index (χ2v) is 9.21. The molecule has 2 atom stereocenters. The molecule has 2 amide bonds. The molecule has 0 spiro atoms. The molecule has 0 radical (unpaired) electrons. The van der Waals surface area contributed by atoms with Gasteiger partial charge in [-0.25, -0.2) is 9.69 Å². The van der Waals surface area contributed by atoms with Crippen molar-refractivity contribution in [2.24, 2.45) is 11.8 Å². The van der Waals surface area contributed by atoms with Gasteiger partial charge in [0.2, 0.25) is 11.8 Å². The number of benzene rings is 3. The van der Waals surface area contributed by atoms with E-state index >= 15 is 0 Å². The number of amides is 2. The standard InChI is InChI=1S/C27H20ClNO4/c1-2-33-26(32)17-11-5-8-14-20(17)29-24(30)22-21-15-9-3-6-12-18(15)27(28,23(22)25(29)31)19-13-7-4-10-16(19)21/h3-14,21-23H,2H2,1H3/t21?,22-,23+,27?/m0/s1. The van der Waals surface area contributed by atoms with Crippen molar-refractivity contribution in [1.82, 2.24) is 0 Å². The molecule has 2 bridgehead atoms. The Morgan fingerprint density at radius 2 is 1.48 bits per heavy atom. The predicted octanol–water partition coefficient (Wildman–Crippen LogP) is 4.61. The van der Waals surface area contributed by atoms with Crippen molar-refractivity contribution in [3.8, 4) is 0 Å². The molecule has 0 saturated carbocycles. The van der Waals surface area contributed by atoms with Crippen LogP contribution < -0.4 is 4.90 Å². The lowest BCUT2D eigenvalue weighted by molar-refractivity contribution is -0.122. The van der Waals surface area contributed by atoms with E-state index in [1.165, 1.54) is 0 Å². The zero-order valence-corrected chi connectivity index (χ0v) is 18.6. The summed E-state index contributed by atoms with van der Waals surface area (Å²) in [5.74, 6) is -2.98. The molecule has 164 valence electrons. The Morgan fingerprint density at radius 1 is 0.909 bits per heavy atom. The van der Waals surface area contributed by atoms with Crippen LogP contribution in [-0.2, 0) is 19.2 Å². The highest BCUT2D eigenvalue weighted by molar-refractivity contribution is 6.34. The van der Waals surface area contributed by atoms with Gasteiger partial charge in [-0.15, -0.1) is 11.6 Å². The highest BCUT2D eigenvalue weighted by atomic mass is 35.5. The molecule has 6 heteroatoms. The van der Waals surface area contributed by atoms with Gasteiger partial charge in [0, 0.05) is 5.92 Å². The van der Waals surface area contributed by atoms with Gasteiger partial charge in [-0.1, -0.05) is 60.7 Å². The quantitative estimate of drug-likeness (QED) is 0.327. The lowest BCUT2D eigenvalue weighted by Crippen LogP contribution is -2.50. The van der Waals surface area contributed by atoms with Crippen molar-refractivity contribution in [3.05, 3.63) is 101 Å². The number of carbonyl (C=O) groups is 3. The SMILES string of the molecule is CCOC(=O)c1ccccc1N1C(=O)[C@H]2C3c4ccccc4C(Cl)(c4ccccc43)[C@H]2C1=O. The molecular weight excluding hydrogens is 438 g/mol. The number of halogens is 1. The van der Waals surface area contributed by atoms with E-state index in [0.29, 0.717) is 0 Å². The maximum absolute atomic E-state index is 14.0. The second-order valence-electron chi connectivity index (χ2n) is 8.62. The number of esters is 1. The number of para-hydroxylation sites is 1. The van der Waals surface area contributed by atoms with Gasteiger partial charge in [0.05, 0.1) is 29.7 Å². The summed E-state index contributed by atoms with van der Waals surface area (Å²) in [6, 6.07) is 22.2. The van der Waals surface area contributed by atoms with Gasteiger partial charge in [0.25, 0.3) is 0 Å². The van der Waals surface area contributed by atoms with Crippen molar-refractivity contribution in [2.45, 2.75) is 17.7 Å². The van der Waals surface area contributed by atoms with E-state index < -0.39 is 22.7 Å². The summed E-state index contributed by atoms with van der Waals surface area (Å²) in [5.41, 5.74) is 4.14. The Labute approximate surface area is 195 Å². The number of rotatable bonds is 3. The van der Waals surface area contributed by atoms with Gasteiger partial charge >= 0.3 is 5.97 Å². The van der Waals surface area contributed by atoms with E-state index in [0.717, 1.165) is 27.2 Å². The Bertz CT molecular complexity index is 1300. The van der Waals surface area contributed by atoms with Gasteiger partial charge in [-0.2, -0.15) is 0 Å². The van der Waals surface area contributed by atoms with Crippen LogP contribution in [0.25, 0.3) is 0 Å². The zero-order valence-electron chi connectivity index (χ0n) is 17.8. The largest absolute Gasteiger partial charge is 0.462 e. The minimum atomic E-state index is -1.16. The van der Waals surface area contributed by atoms with Crippen LogP contribution in [0, 0.1) is 11.8 Å². The van der Waals surface area contributed by atoms with Crippen molar-refractivity contribution in [1.29, 1.82) is 0 Å². The van der Waals surface area contributed by atoms with Crippen LogP contribution in [0.3, 0.4) is 0 Å². The van der Waals surface area contributed by atoms with E-state index in [-0.39, 0.29) is 35.6 Å². The van der Waals surface area contributed by atoms with Gasteiger partial charge in [0.1, 0.15) is 4.87 Å². The molecule has 7 rings (SSSR count). The van der Waals surface area contributed by atoms with Crippen LogP contribution in [0.1, 0.15) is 45.5 Å². The molecule has 3 aromatic rings. The summed E-state index contributed by atoms with van der Waals surface area (Å²) in [6.45, 7) is 1.91. The molecule has 5 nitrogen and oxygen atoms in total. The zero-order chi connectivity index (χ0) is 22.9. The Morgan fingerprint density at radius 3 is 2.12 bits per heavy atom. The first kappa shape index (κ1) is 20.2. The van der Waals surface area contributed by atoms with Gasteiger partial charge in [-0.05, 0) is 41.3 Å². The summed E-state index contributed by atoms with van der Waals surface area (Å²) in [6.07, 6.45) is 0. The van der Waals surface area contributed by atoms with Crippen molar-refractivity contribution < 1.29 is 19.1 Å². The molecule has 0 N–H and O–H groups in total. The number of hydrogen-bond donors (Lipinski definition) is 0. The van der Waals surface area contributed by atoms with E-state index in [2.05, 4.69) is 0 Å². The van der Waals surface area contributed by atoms with Crippen LogP contribution in [0.15, 0.2) is 72.8 Å². The highest BCUT2D eigenvalue weighted by Gasteiger charge is 2.68. The maximum atomic E-state index is 14.0. The molecule has 1 aliphatic heterocycles. The Kier molecular flexibility index (Phi) is 4.30. The smallest absolute Gasteiger partial charge is 0.340 e. The topological polar surface area (TPSA) is 63.7 Å². The fraction of sp³-hybridized carbons (Fsp3) is 0.222. The monoisotopic (exact) mass is 457 g/mol. The number of hydrogen-bond acceptors (Lipinski definition) is 4. The van der Waals surface area contributed by atoms with E-state index in [9.17, 15) is 14.4 Å². The number of alkyl halides is 1. The molecule has 0 aromatic heterocycles. The molecule has 1 fully saturated rings. The number of imide groups is 1. The summed E-state index contributed by atoms with van der Waals surface area (Å²) in [7, 11) is 0. The number of ether oxygens (including phenoxy) is 1. The van der Waals surface area contributed by atoms with Crippen LogP contribution in [0.4, 0.5) is 5.69 Å². The molecule has 4 aliphatic rings. The minimum Gasteiger partial charge on any atom is -0.462 e. The van der Waals surface area contributed by atoms with Gasteiger partial charge < -0.3 is 4.74 Å². The third-order valence-electron chi connectivity index (χ3n) is 7.15. The predicted molar refractivity (Wildman–Crippen MR) is 123 cm³/mol. The van der Waals surface area contributed by atoms with Crippen molar-refractivity contribution in [2.75, 3.05) is 11.5 Å². The first-order valence-electron chi connectivity index (χ1n) is 11.0. The minimum absolute atomic E-state index is 0.186. The fourth-order valence-electron chi connectivity index (χ4n) is 5.97. The molecule has 33 heavy (non-hydrogen) atoms. The fourth-order valence-corrected chi connectivity index (χ4v) is 6.54. The van der Waals surface area contributed by atoms with Crippen LogP contribution >= 0.6 is 11.6 Å². The normalized spacial score (nSPS) is 26.6. The lowest BCUT2D eigenvalue weighted by atomic mass is 9.54. The summed E-state index contributed by atoms with van der Waals surface area (Å²) < 4.78 is 5.18. The van der Waals surface area contributed by atoms with Crippen LogP contribution in [0.5, 0.6) is 0 Å². The summed E-state index contributed by atoms with van der Waals surface area (Å²) in [4.78, 5) is 40.5. The first-order chi connectivity index (χ1) is 16.0. The molecule has 0 unspecified atom stereocenters. The van der Waals surface area contributed by atoms with E-state index in [1.54, 1.807) is 31.2 Å². The molecule has 1 saturated heterocycles. The molecule has 1 heterocycles. The average Bonchev–Trinajstić information content (AvgIpc) is 3.11. The third kappa shape index (κ3) is 2.46. The van der Waals surface area contributed by atoms with E-state index in [4.69, 9.17) is 16.3 Å². The van der Waals surface area contributed by atoms with Crippen molar-refractivity contribution in [3.63, 3.8) is 0 Å². The summed E-state index contributed by atoms with van der Waals surface area (Å²) >= 11 is 7.43. The average molecular weight is 458 g/mol. The second kappa shape index (κ2) is 7.03.